The van der Waals surface area contributed by atoms with Crippen molar-refractivity contribution in [3.63, 3.8) is 0 Å². The van der Waals surface area contributed by atoms with Gasteiger partial charge < -0.3 is 9.52 Å². The van der Waals surface area contributed by atoms with Gasteiger partial charge in [0, 0.05) is 40.6 Å². The SMILES string of the molecule is CCCc1cc2oc3cc(=NCC)c(C)cc-3c(-c3ccc(C(=O)C(C)C)cc3C(=O)O)c2cc1C. The van der Waals surface area contributed by atoms with Crippen LogP contribution in [0.25, 0.3) is 33.4 Å². The topological polar surface area (TPSA) is 79.9 Å². The average molecular weight is 484 g/mol. The van der Waals surface area contributed by atoms with E-state index in [1.807, 2.05) is 39.8 Å². The molecule has 0 bridgehead atoms. The highest BCUT2D eigenvalue weighted by molar-refractivity contribution is 6.09. The molecule has 5 nitrogen and oxygen atoms in total. The van der Waals surface area contributed by atoms with Gasteiger partial charge in [0.2, 0.25) is 0 Å². The van der Waals surface area contributed by atoms with Gasteiger partial charge in [0.25, 0.3) is 0 Å². The average Bonchev–Trinajstić information content (AvgIpc) is 2.83. The Morgan fingerprint density at radius 1 is 0.972 bits per heavy atom. The Labute approximate surface area is 211 Å². The molecule has 2 aromatic carbocycles. The highest BCUT2D eigenvalue weighted by Gasteiger charge is 2.24. The molecule has 0 saturated heterocycles. The first-order chi connectivity index (χ1) is 17.2. The van der Waals surface area contributed by atoms with E-state index in [4.69, 9.17) is 4.42 Å². The third-order valence-electron chi connectivity index (χ3n) is 6.67. The molecule has 186 valence electrons. The van der Waals surface area contributed by atoms with Gasteiger partial charge in [-0.3, -0.25) is 9.79 Å². The number of carbonyl (C=O) groups is 2. The van der Waals surface area contributed by atoms with Gasteiger partial charge in [0.15, 0.2) is 5.78 Å². The Morgan fingerprint density at radius 2 is 1.72 bits per heavy atom. The molecule has 0 amide bonds. The molecule has 1 N–H and O–H groups in total. The van der Waals surface area contributed by atoms with Crippen LogP contribution < -0.4 is 5.36 Å². The summed E-state index contributed by atoms with van der Waals surface area (Å²) in [5, 5.41) is 11.9. The third kappa shape index (κ3) is 4.58. The molecule has 2 aliphatic rings. The van der Waals surface area contributed by atoms with Crippen LogP contribution in [0.2, 0.25) is 0 Å². The summed E-state index contributed by atoms with van der Waals surface area (Å²) in [4.78, 5) is 29.7. The Bertz CT molecular complexity index is 1520. The number of aryl methyl sites for hydroxylation is 3. The number of carbonyl (C=O) groups excluding carboxylic acids is 1. The minimum Gasteiger partial charge on any atom is -0.478 e. The van der Waals surface area contributed by atoms with Crippen molar-refractivity contribution in [2.75, 3.05) is 6.54 Å². The summed E-state index contributed by atoms with van der Waals surface area (Å²) in [5.41, 5.74) is 6.73. The maximum atomic E-state index is 12.7. The molecule has 1 heterocycles. The van der Waals surface area contributed by atoms with Crippen LogP contribution in [0.15, 0.2) is 51.9 Å². The lowest BCUT2D eigenvalue weighted by Gasteiger charge is -2.19. The smallest absolute Gasteiger partial charge is 0.336 e. The summed E-state index contributed by atoms with van der Waals surface area (Å²) >= 11 is 0. The molecule has 0 radical (unpaired) electrons. The van der Waals surface area contributed by atoms with E-state index in [0.29, 0.717) is 29.0 Å². The molecule has 1 aliphatic heterocycles. The number of fused-ring (bicyclic) bond motifs is 2. The molecule has 0 fully saturated rings. The second-order valence-electron chi connectivity index (χ2n) is 9.70. The lowest BCUT2D eigenvalue weighted by molar-refractivity contribution is 0.0697. The van der Waals surface area contributed by atoms with Crippen LogP contribution in [0.4, 0.5) is 0 Å². The van der Waals surface area contributed by atoms with Crippen molar-refractivity contribution in [2.24, 2.45) is 10.9 Å². The first kappa shape index (κ1) is 25.4. The Morgan fingerprint density at radius 3 is 2.36 bits per heavy atom. The van der Waals surface area contributed by atoms with E-state index >= 15 is 0 Å². The van der Waals surface area contributed by atoms with Crippen LogP contribution in [-0.4, -0.2) is 23.4 Å². The van der Waals surface area contributed by atoms with Gasteiger partial charge in [0.05, 0.1) is 10.9 Å². The predicted molar refractivity (Wildman–Crippen MR) is 144 cm³/mol. The van der Waals surface area contributed by atoms with Crippen molar-refractivity contribution in [3.8, 4) is 22.5 Å². The molecule has 4 rings (SSSR count). The Balaban J connectivity index is 2.16. The second-order valence-corrected chi connectivity index (χ2v) is 9.70. The highest BCUT2D eigenvalue weighted by Crippen LogP contribution is 2.42. The van der Waals surface area contributed by atoms with E-state index in [2.05, 4.69) is 31.0 Å². The third-order valence-corrected chi connectivity index (χ3v) is 6.67. The lowest BCUT2D eigenvalue weighted by atomic mass is 9.87. The van der Waals surface area contributed by atoms with Crippen LogP contribution in [-0.2, 0) is 6.42 Å². The number of carboxylic acids is 1. The first-order valence-corrected chi connectivity index (χ1v) is 12.6. The number of ketones is 1. The molecule has 1 aliphatic carbocycles. The number of benzene rings is 3. The first-order valence-electron chi connectivity index (χ1n) is 12.6. The van der Waals surface area contributed by atoms with E-state index in [0.717, 1.165) is 45.8 Å². The number of aromatic carboxylic acids is 1. The van der Waals surface area contributed by atoms with E-state index in [9.17, 15) is 14.7 Å². The molecule has 0 saturated carbocycles. The van der Waals surface area contributed by atoms with Crippen molar-refractivity contribution in [1.82, 2.24) is 0 Å². The highest BCUT2D eigenvalue weighted by atomic mass is 16.4. The van der Waals surface area contributed by atoms with E-state index in [1.165, 1.54) is 11.6 Å². The molecular formula is C31H33NO4. The number of Topliss-reactive ketones (excluding diaryl/α,β-unsaturated/α-hetero) is 1. The number of nitrogens with zero attached hydrogens (tertiary/aromatic N) is 1. The van der Waals surface area contributed by atoms with Gasteiger partial charge in [-0.25, -0.2) is 4.79 Å². The molecule has 0 unspecified atom stereocenters. The zero-order valence-corrected chi connectivity index (χ0v) is 21.9. The number of carboxylic acid groups (broad SMARTS) is 1. The second kappa shape index (κ2) is 10.1. The van der Waals surface area contributed by atoms with Crippen molar-refractivity contribution < 1.29 is 19.1 Å². The van der Waals surface area contributed by atoms with Crippen molar-refractivity contribution in [1.29, 1.82) is 0 Å². The lowest BCUT2D eigenvalue weighted by Crippen LogP contribution is -2.11. The molecule has 0 atom stereocenters. The maximum absolute atomic E-state index is 12.7. The van der Waals surface area contributed by atoms with Crippen molar-refractivity contribution in [3.05, 3.63) is 75.6 Å². The molecule has 0 aromatic heterocycles. The van der Waals surface area contributed by atoms with E-state index in [1.54, 1.807) is 12.1 Å². The summed E-state index contributed by atoms with van der Waals surface area (Å²) in [6.07, 6.45) is 1.95. The summed E-state index contributed by atoms with van der Waals surface area (Å²) < 4.78 is 6.42. The van der Waals surface area contributed by atoms with Gasteiger partial charge in [-0.2, -0.15) is 0 Å². The molecule has 2 aromatic rings. The standard InChI is InChI=1S/C31H33NO4/c1-7-9-20-15-27-24(12-18(20)5)29(25-13-19(6)26(32-8-2)16-28(25)36-27)22-11-10-21(30(33)17(3)4)14-23(22)31(34)35/h10-17H,7-9H2,1-6H3,(H,34,35). The molecule has 0 spiro atoms. The van der Waals surface area contributed by atoms with Crippen molar-refractivity contribution in [2.45, 2.75) is 54.4 Å². The van der Waals surface area contributed by atoms with E-state index < -0.39 is 5.97 Å². The van der Waals surface area contributed by atoms with Gasteiger partial charge in [-0.1, -0.05) is 39.3 Å². The number of rotatable bonds is 7. The zero-order chi connectivity index (χ0) is 26.1. The fourth-order valence-electron chi connectivity index (χ4n) is 4.83. The maximum Gasteiger partial charge on any atom is 0.336 e. The summed E-state index contributed by atoms with van der Waals surface area (Å²) in [6.45, 7) is 12.5. The van der Waals surface area contributed by atoms with Crippen molar-refractivity contribution >= 4 is 22.7 Å². The van der Waals surface area contributed by atoms with E-state index in [-0.39, 0.29) is 17.3 Å². The quantitative estimate of drug-likeness (QED) is 0.222. The van der Waals surface area contributed by atoms with Gasteiger partial charge in [-0.05, 0) is 73.7 Å². The van der Waals surface area contributed by atoms with Gasteiger partial charge in [0.1, 0.15) is 11.3 Å². The Hall–Kier alpha value is -3.73. The van der Waals surface area contributed by atoms with Crippen LogP contribution in [0, 0.1) is 19.8 Å². The number of hydrogen-bond acceptors (Lipinski definition) is 4. The van der Waals surface area contributed by atoms with Gasteiger partial charge >= 0.3 is 5.97 Å². The monoisotopic (exact) mass is 483 g/mol. The van der Waals surface area contributed by atoms with Crippen LogP contribution in [0.5, 0.6) is 0 Å². The molecule has 5 heteroatoms. The Kier molecular flexibility index (Phi) is 7.11. The fourth-order valence-corrected chi connectivity index (χ4v) is 4.83. The summed E-state index contributed by atoms with van der Waals surface area (Å²) in [5.74, 6) is -0.722. The molecular weight excluding hydrogens is 450 g/mol. The number of hydrogen-bond donors (Lipinski definition) is 1. The minimum atomic E-state index is -1.07. The summed E-state index contributed by atoms with van der Waals surface area (Å²) in [6, 6.07) is 13.1. The van der Waals surface area contributed by atoms with Crippen LogP contribution >= 0.6 is 0 Å². The van der Waals surface area contributed by atoms with Gasteiger partial charge in [-0.15, -0.1) is 0 Å². The zero-order valence-electron chi connectivity index (χ0n) is 21.9. The fraction of sp³-hybridized carbons (Fsp3) is 0.323. The van der Waals surface area contributed by atoms with Crippen LogP contribution in [0.3, 0.4) is 0 Å². The van der Waals surface area contributed by atoms with Crippen LogP contribution in [0.1, 0.15) is 71.5 Å². The predicted octanol–water partition coefficient (Wildman–Crippen LogP) is 7.23. The summed E-state index contributed by atoms with van der Waals surface area (Å²) in [7, 11) is 0. The normalized spacial score (nSPS) is 12.1. The largest absolute Gasteiger partial charge is 0.478 e. The minimum absolute atomic E-state index is 0.0801. The molecule has 36 heavy (non-hydrogen) atoms.